The SMILES string of the molecule is Cc1cc(-c2ccccc2)nc(Sc2ccccc2Cl)n1. The van der Waals surface area contributed by atoms with E-state index < -0.39 is 0 Å². The summed E-state index contributed by atoms with van der Waals surface area (Å²) in [5.74, 6) is 0. The smallest absolute Gasteiger partial charge is 0.193 e. The van der Waals surface area contributed by atoms with E-state index in [0.29, 0.717) is 10.2 Å². The van der Waals surface area contributed by atoms with Crippen molar-refractivity contribution < 1.29 is 0 Å². The van der Waals surface area contributed by atoms with Crippen molar-refractivity contribution in [2.75, 3.05) is 0 Å². The third-order valence-corrected chi connectivity index (χ3v) is 4.32. The molecule has 3 rings (SSSR count). The van der Waals surface area contributed by atoms with Crippen LogP contribution in [0.25, 0.3) is 11.3 Å². The molecule has 0 saturated heterocycles. The van der Waals surface area contributed by atoms with Crippen molar-refractivity contribution in [2.45, 2.75) is 17.0 Å². The van der Waals surface area contributed by atoms with Gasteiger partial charge in [-0.05, 0) is 36.9 Å². The molecule has 0 radical (unpaired) electrons. The predicted octanol–water partition coefficient (Wildman–Crippen LogP) is 5.26. The van der Waals surface area contributed by atoms with Gasteiger partial charge in [-0.15, -0.1) is 0 Å². The van der Waals surface area contributed by atoms with Crippen molar-refractivity contribution in [1.82, 2.24) is 9.97 Å². The molecule has 1 heterocycles. The molecule has 0 bridgehead atoms. The molecule has 0 amide bonds. The van der Waals surface area contributed by atoms with Gasteiger partial charge in [0, 0.05) is 16.2 Å². The summed E-state index contributed by atoms with van der Waals surface area (Å²) >= 11 is 7.68. The molecular formula is C17H13ClN2S. The summed E-state index contributed by atoms with van der Waals surface area (Å²) in [4.78, 5) is 10.1. The minimum Gasteiger partial charge on any atom is -0.228 e. The summed E-state index contributed by atoms with van der Waals surface area (Å²) in [5.41, 5.74) is 2.96. The molecule has 0 N–H and O–H groups in total. The zero-order chi connectivity index (χ0) is 14.7. The lowest BCUT2D eigenvalue weighted by Gasteiger charge is -2.07. The molecule has 2 aromatic carbocycles. The number of hydrogen-bond donors (Lipinski definition) is 0. The number of rotatable bonds is 3. The fraction of sp³-hybridized carbons (Fsp3) is 0.0588. The topological polar surface area (TPSA) is 25.8 Å². The van der Waals surface area contributed by atoms with Gasteiger partial charge in [0.05, 0.1) is 10.7 Å². The van der Waals surface area contributed by atoms with E-state index in [2.05, 4.69) is 9.97 Å². The van der Waals surface area contributed by atoms with E-state index >= 15 is 0 Å². The van der Waals surface area contributed by atoms with Crippen molar-refractivity contribution in [3.05, 3.63) is 71.4 Å². The van der Waals surface area contributed by atoms with Crippen LogP contribution >= 0.6 is 23.4 Å². The van der Waals surface area contributed by atoms with E-state index in [-0.39, 0.29) is 0 Å². The average molecular weight is 313 g/mol. The number of aryl methyl sites for hydroxylation is 1. The van der Waals surface area contributed by atoms with Gasteiger partial charge in [0.25, 0.3) is 0 Å². The van der Waals surface area contributed by atoms with Crippen molar-refractivity contribution in [1.29, 1.82) is 0 Å². The van der Waals surface area contributed by atoms with Crippen LogP contribution in [0.4, 0.5) is 0 Å². The molecule has 4 heteroatoms. The van der Waals surface area contributed by atoms with Crippen LogP contribution in [0.1, 0.15) is 5.69 Å². The average Bonchev–Trinajstić information content (AvgIpc) is 2.50. The number of aromatic nitrogens is 2. The van der Waals surface area contributed by atoms with Gasteiger partial charge in [0.2, 0.25) is 0 Å². The Bertz CT molecular complexity index is 760. The van der Waals surface area contributed by atoms with Crippen molar-refractivity contribution in [3.63, 3.8) is 0 Å². The van der Waals surface area contributed by atoms with Gasteiger partial charge in [-0.1, -0.05) is 54.1 Å². The molecule has 3 aromatic rings. The van der Waals surface area contributed by atoms with Crippen LogP contribution in [0.3, 0.4) is 0 Å². The summed E-state index contributed by atoms with van der Waals surface area (Å²) in [6, 6.07) is 19.8. The van der Waals surface area contributed by atoms with Crippen molar-refractivity contribution in [2.24, 2.45) is 0 Å². The lowest BCUT2D eigenvalue weighted by molar-refractivity contribution is 0.938. The third kappa shape index (κ3) is 3.43. The highest BCUT2D eigenvalue weighted by atomic mass is 35.5. The van der Waals surface area contributed by atoms with Gasteiger partial charge in [0.1, 0.15) is 0 Å². The second-order valence-electron chi connectivity index (χ2n) is 4.58. The highest BCUT2D eigenvalue weighted by Crippen LogP contribution is 2.32. The van der Waals surface area contributed by atoms with Crippen LogP contribution in [0, 0.1) is 6.92 Å². The zero-order valence-corrected chi connectivity index (χ0v) is 13.0. The number of hydrogen-bond acceptors (Lipinski definition) is 3. The van der Waals surface area contributed by atoms with Gasteiger partial charge < -0.3 is 0 Å². The normalized spacial score (nSPS) is 10.6. The Morgan fingerprint density at radius 2 is 1.62 bits per heavy atom. The summed E-state index contributed by atoms with van der Waals surface area (Å²) in [7, 11) is 0. The molecule has 0 atom stereocenters. The molecule has 0 aliphatic carbocycles. The fourth-order valence-corrected chi connectivity index (χ4v) is 3.06. The first-order valence-electron chi connectivity index (χ1n) is 6.56. The van der Waals surface area contributed by atoms with Gasteiger partial charge >= 0.3 is 0 Å². The molecule has 0 fully saturated rings. The third-order valence-electron chi connectivity index (χ3n) is 2.94. The lowest BCUT2D eigenvalue weighted by atomic mass is 10.1. The van der Waals surface area contributed by atoms with Crippen LogP contribution < -0.4 is 0 Å². The minimum atomic E-state index is 0.710. The number of nitrogens with zero attached hydrogens (tertiary/aromatic N) is 2. The van der Waals surface area contributed by atoms with Crippen LogP contribution in [0.5, 0.6) is 0 Å². The van der Waals surface area contributed by atoms with E-state index in [0.717, 1.165) is 21.8 Å². The number of benzene rings is 2. The maximum atomic E-state index is 6.19. The molecule has 2 nitrogen and oxygen atoms in total. The highest BCUT2D eigenvalue weighted by Gasteiger charge is 2.08. The fourth-order valence-electron chi connectivity index (χ4n) is 1.97. The van der Waals surface area contributed by atoms with E-state index in [4.69, 9.17) is 11.6 Å². The molecule has 1 aromatic heterocycles. The van der Waals surface area contributed by atoms with Crippen LogP contribution in [0.15, 0.2) is 70.7 Å². The predicted molar refractivity (Wildman–Crippen MR) is 87.8 cm³/mol. The Kier molecular flexibility index (Phi) is 4.23. The lowest BCUT2D eigenvalue weighted by Crippen LogP contribution is -1.93. The van der Waals surface area contributed by atoms with Crippen LogP contribution in [-0.2, 0) is 0 Å². The molecule has 0 aliphatic rings. The first kappa shape index (κ1) is 14.1. The van der Waals surface area contributed by atoms with Crippen molar-refractivity contribution in [3.8, 4) is 11.3 Å². The first-order chi connectivity index (χ1) is 10.2. The van der Waals surface area contributed by atoms with Crippen molar-refractivity contribution >= 4 is 23.4 Å². The molecule has 104 valence electrons. The summed E-state index contributed by atoms with van der Waals surface area (Å²) in [6.07, 6.45) is 0. The first-order valence-corrected chi connectivity index (χ1v) is 7.75. The maximum Gasteiger partial charge on any atom is 0.193 e. The second-order valence-corrected chi connectivity index (χ2v) is 5.99. The Labute approximate surface area is 133 Å². The van der Waals surface area contributed by atoms with E-state index in [1.165, 1.54) is 11.8 Å². The van der Waals surface area contributed by atoms with E-state index in [1.807, 2.05) is 67.6 Å². The summed E-state index contributed by atoms with van der Waals surface area (Å²) < 4.78 is 0. The van der Waals surface area contributed by atoms with Gasteiger partial charge in [-0.2, -0.15) is 0 Å². The largest absolute Gasteiger partial charge is 0.228 e. The molecule has 0 unspecified atom stereocenters. The number of halogens is 1. The minimum absolute atomic E-state index is 0.710. The quantitative estimate of drug-likeness (QED) is 0.617. The van der Waals surface area contributed by atoms with Gasteiger partial charge in [-0.25, -0.2) is 9.97 Å². The zero-order valence-electron chi connectivity index (χ0n) is 11.5. The summed E-state index contributed by atoms with van der Waals surface area (Å²) in [6.45, 7) is 1.98. The van der Waals surface area contributed by atoms with Crippen LogP contribution in [-0.4, -0.2) is 9.97 Å². The van der Waals surface area contributed by atoms with Crippen LogP contribution in [0.2, 0.25) is 5.02 Å². The monoisotopic (exact) mass is 312 g/mol. The second kappa shape index (κ2) is 6.29. The molecule has 0 spiro atoms. The van der Waals surface area contributed by atoms with Gasteiger partial charge in [-0.3, -0.25) is 0 Å². The molecular weight excluding hydrogens is 300 g/mol. The maximum absolute atomic E-state index is 6.19. The Balaban J connectivity index is 1.97. The van der Waals surface area contributed by atoms with E-state index in [9.17, 15) is 0 Å². The Morgan fingerprint density at radius 3 is 2.38 bits per heavy atom. The summed E-state index contributed by atoms with van der Waals surface area (Å²) in [5, 5.41) is 1.43. The van der Waals surface area contributed by atoms with Gasteiger partial charge in [0.15, 0.2) is 5.16 Å². The van der Waals surface area contributed by atoms with E-state index in [1.54, 1.807) is 0 Å². The molecule has 0 aliphatic heterocycles. The Morgan fingerprint density at radius 1 is 0.905 bits per heavy atom. The Hall–Kier alpha value is -1.84. The highest BCUT2D eigenvalue weighted by molar-refractivity contribution is 7.99. The standard InChI is InChI=1S/C17H13ClN2S/c1-12-11-15(13-7-3-2-4-8-13)20-17(19-12)21-16-10-6-5-9-14(16)18/h2-11H,1H3. The molecule has 0 saturated carbocycles. The molecule has 21 heavy (non-hydrogen) atoms.